The summed E-state index contributed by atoms with van der Waals surface area (Å²) < 4.78 is 15.5. The molecule has 10 rings (SSSR count). The van der Waals surface area contributed by atoms with E-state index in [1.54, 1.807) is 12.1 Å². The zero-order valence-corrected chi connectivity index (χ0v) is 43.5. The van der Waals surface area contributed by atoms with Crippen LogP contribution in [0.4, 0.5) is 5.69 Å². The first-order chi connectivity index (χ1) is 35.8. The maximum absolute atomic E-state index is 16.1. The normalized spacial score (nSPS) is 17.5. The number of benzene rings is 4. The Hall–Kier alpha value is -7.18. The van der Waals surface area contributed by atoms with Crippen LogP contribution in [0, 0.1) is 25.2 Å². The number of aromatic hydroxyl groups is 1. The number of piperidine rings is 1. The van der Waals surface area contributed by atoms with Crippen molar-refractivity contribution in [2.24, 2.45) is 14.1 Å². The second kappa shape index (κ2) is 21.7. The van der Waals surface area contributed by atoms with E-state index in [4.69, 9.17) is 9.47 Å². The maximum Gasteiger partial charge on any atom is 0.258 e. The van der Waals surface area contributed by atoms with Gasteiger partial charge in [0, 0.05) is 105 Å². The summed E-state index contributed by atoms with van der Waals surface area (Å²) in [7, 11) is 3.78. The number of phenols is 1. The van der Waals surface area contributed by atoms with Crippen LogP contribution >= 0.6 is 0 Å². The molecule has 0 bridgehead atoms. The van der Waals surface area contributed by atoms with Crippen LogP contribution in [-0.4, -0.2) is 123 Å². The fourth-order valence-electron chi connectivity index (χ4n) is 11.6. The monoisotopic (exact) mass is 997 g/mol. The van der Waals surface area contributed by atoms with Gasteiger partial charge in [0.15, 0.2) is 0 Å². The van der Waals surface area contributed by atoms with E-state index < -0.39 is 0 Å². The molecule has 2 saturated heterocycles. The zero-order valence-electron chi connectivity index (χ0n) is 43.5. The third-order valence-corrected chi connectivity index (χ3v) is 16.1. The molecule has 0 radical (unpaired) electrons. The van der Waals surface area contributed by atoms with Crippen molar-refractivity contribution in [1.29, 1.82) is 5.26 Å². The Morgan fingerprint density at radius 3 is 2.26 bits per heavy atom. The molecule has 74 heavy (non-hydrogen) atoms. The van der Waals surface area contributed by atoms with Gasteiger partial charge in [-0.05, 0) is 142 Å². The number of likely N-dealkylation sites (tertiary alicyclic amines) is 1. The number of nitriles is 1. The molecule has 2 N–H and O–H groups in total. The first-order valence-electron chi connectivity index (χ1n) is 26.3. The predicted octanol–water partition coefficient (Wildman–Crippen LogP) is 8.42. The average Bonchev–Trinajstić information content (AvgIpc) is 3.87. The largest absolute Gasteiger partial charge is 0.508 e. The van der Waals surface area contributed by atoms with Crippen LogP contribution in [-0.2, 0) is 56.0 Å². The first-order valence-corrected chi connectivity index (χ1v) is 26.3. The summed E-state index contributed by atoms with van der Waals surface area (Å²) in [5, 5.41) is 23.4. The highest BCUT2D eigenvalue weighted by Gasteiger charge is 2.37. The van der Waals surface area contributed by atoms with Gasteiger partial charge in [0.25, 0.3) is 11.8 Å². The van der Waals surface area contributed by atoms with Crippen LogP contribution in [0.1, 0.15) is 91.8 Å². The zero-order chi connectivity index (χ0) is 51.6. The highest BCUT2D eigenvalue weighted by molar-refractivity contribution is 6.14. The number of fused-ring (bicyclic) bond motifs is 2. The fraction of sp³-hybridized carbons (Fsp3) is 0.400. The number of phenolic OH excluding ortho intramolecular Hbond substituents is 1. The lowest BCUT2D eigenvalue weighted by molar-refractivity contribution is -0.131. The highest BCUT2D eigenvalue weighted by Crippen LogP contribution is 2.44. The van der Waals surface area contributed by atoms with E-state index >= 15 is 4.79 Å². The molecule has 14 nitrogen and oxygen atoms in total. The molecule has 14 heteroatoms. The Balaban J connectivity index is 1.03. The summed E-state index contributed by atoms with van der Waals surface area (Å²) >= 11 is 0. The predicted molar refractivity (Wildman–Crippen MR) is 286 cm³/mol. The molecule has 2 atom stereocenters. The minimum absolute atomic E-state index is 0.00826. The van der Waals surface area contributed by atoms with Crippen molar-refractivity contribution < 1.29 is 29.0 Å². The van der Waals surface area contributed by atoms with E-state index in [1.165, 1.54) is 24.1 Å². The van der Waals surface area contributed by atoms with Crippen LogP contribution in [0.25, 0.3) is 22.4 Å². The molecular weight excluding hydrogens is 929 g/mol. The second-order valence-corrected chi connectivity index (χ2v) is 20.7. The van der Waals surface area contributed by atoms with E-state index in [2.05, 4.69) is 57.3 Å². The van der Waals surface area contributed by atoms with Gasteiger partial charge in [-0.25, -0.2) is 0 Å². The summed E-state index contributed by atoms with van der Waals surface area (Å²) in [5.41, 5.74) is 11.3. The molecule has 6 aromatic rings. The second-order valence-electron chi connectivity index (χ2n) is 20.7. The molecule has 2 fully saturated rings. The number of aromatic nitrogens is 2. The number of carbonyl (C=O) groups excluding carboxylic acids is 3. The van der Waals surface area contributed by atoms with Crippen molar-refractivity contribution in [2.45, 2.75) is 84.5 Å². The minimum atomic E-state index is -0.360. The van der Waals surface area contributed by atoms with Crippen LogP contribution in [0.5, 0.6) is 11.5 Å². The van der Waals surface area contributed by atoms with Gasteiger partial charge in [-0.15, -0.1) is 0 Å². The number of nitrogens with zero attached hydrogens (tertiary/aromatic N) is 7. The van der Waals surface area contributed by atoms with Gasteiger partial charge in [0.05, 0.1) is 30.9 Å². The third kappa shape index (κ3) is 10.3. The number of hydrogen-bond donors (Lipinski definition) is 2. The Kier molecular flexibility index (Phi) is 14.8. The number of amides is 3. The van der Waals surface area contributed by atoms with Crippen molar-refractivity contribution in [1.82, 2.24) is 28.7 Å². The van der Waals surface area contributed by atoms with Crippen LogP contribution in [0.15, 0.2) is 91.0 Å². The summed E-state index contributed by atoms with van der Waals surface area (Å²) in [4.78, 5) is 54.0. The molecule has 0 spiro atoms. The molecule has 4 aliphatic heterocycles. The number of carbonyl (C=O) groups is 3. The Bertz CT molecular complexity index is 3100. The van der Waals surface area contributed by atoms with E-state index in [1.807, 2.05) is 84.4 Å². The fourth-order valence-corrected chi connectivity index (χ4v) is 11.6. The lowest BCUT2D eigenvalue weighted by Crippen LogP contribution is -2.51. The van der Waals surface area contributed by atoms with Gasteiger partial charge >= 0.3 is 0 Å². The maximum atomic E-state index is 16.1. The lowest BCUT2D eigenvalue weighted by Gasteiger charge is -2.41. The molecule has 0 saturated carbocycles. The highest BCUT2D eigenvalue weighted by atomic mass is 16.5. The van der Waals surface area contributed by atoms with E-state index in [0.29, 0.717) is 83.2 Å². The van der Waals surface area contributed by atoms with Gasteiger partial charge in [0.1, 0.15) is 29.9 Å². The topological polar surface area (TPSA) is 149 Å². The summed E-state index contributed by atoms with van der Waals surface area (Å²) in [5.74, 6) is 0.396. The van der Waals surface area contributed by atoms with Gasteiger partial charge in [-0.3, -0.25) is 19.3 Å². The summed E-state index contributed by atoms with van der Waals surface area (Å²) in [6.07, 6.45) is 5.03. The lowest BCUT2D eigenvalue weighted by atomic mass is 9.87. The van der Waals surface area contributed by atoms with Crippen molar-refractivity contribution in [3.63, 3.8) is 0 Å². The van der Waals surface area contributed by atoms with Gasteiger partial charge in [-0.2, -0.15) is 5.26 Å². The summed E-state index contributed by atoms with van der Waals surface area (Å²) in [6.45, 7) is 13.9. The van der Waals surface area contributed by atoms with Gasteiger partial charge < -0.3 is 43.7 Å². The standard InChI is InChI=1S/C60H68N8O6/c1-39(66-25-27-73-28-26-66)38-74-51-19-13-42(14-20-51)29-55(70)67-24-21-44-31-53(54(32-46(44)35-67)60(72)68-36-45-12-8-7-11-43(45)30-49(68)37-65-22-9-6-10-23-65)58-57(52-33-48(34-61)63(4)40(52)2)56(41(3)64(58)5)59(71)62-47-15-17-50(69)18-16-47/h7-8,11-20,31-33,39,49,69H,6,9-10,21-30,35-38H2,1-5H3,(H,62,71)/t39-,49+/m1/s1. The van der Waals surface area contributed by atoms with E-state index in [-0.39, 0.29) is 42.0 Å². The molecular formula is C60H68N8O6. The first kappa shape index (κ1) is 50.4. The third-order valence-electron chi connectivity index (χ3n) is 16.1. The van der Waals surface area contributed by atoms with Crippen LogP contribution in [0.3, 0.4) is 0 Å². The Morgan fingerprint density at radius 2 is 1.54 bits per heavy atom. The molecule has 0 aliphatic carbocycles. The Morgan fingerprint density at radius 1 is 0.811 bits per heavy atom. The SMILES string of the molecule is Cc1c(-c2c(C(=O)Nc3ccc(O)cc3)c(C)n(C)c2-c2cc3c(cc2C(=O)N2Cc4ccccc4C[C@H]2CN2CCCCC2)CN(C(=O)Cc2ccc(OC[C@@H](C)N4CCOCC4)cc2)CC3)cc(C#N)n1C. The van der Waals surface area contributed by atoms with Gasteiger partial charge in [0.2, 0.25) is 5.91 Å². The number of ether oxygens (including phenoxy) is 2. The molecule has 6 heterocycles. The van der Waals surface area contributed by atoms with Crippen molar-refractivity contribution in [3.8, 4) is 40.0 Å². The van der Waals surface area contributed by atoms with Crippen molar-refractivity contribution in [3.05, 3.63) is 147 Å². The van der Waals surface area contributed by atoms with E-state index in [9.17, 15) is 20.0 Å². The molecule has 4 aliphatic rings. The molecule has 2 aromatic heterocycles. The van der Waals surface area contributed by atoms with Crippen molar-refractivity contribution in [2.75, 3.05) is 64.4 Å². The van der Waals surface area contributed by atoms with E-state index in [0.717, 1.165) is 98.9 Å². The van der Waals surface area contributed by atoms with Crippen LogP contribution in [0.2, 0.25) is 0 Å². The Labute approximate surface area is 434 Å². The quantitative estimate of drug-likeness (QED) is 0.109. The molecule has 3 amide bonds. The van der Waals surface area contributed by atoms with Gasteiger partial charge in [-0.1, -0.05) is 42.8 Å². The summed E-state index contributed by atoms with van der Waals surface area (Å²) in [6, 6.07) is 31.1. The average molecular weight is 997 g/mol. The molecule has 0 unspecified atom stereocenters. The minimum Gasteiger partial charge on any atom is -0.508 e. The smallest absolute Gasteiger partial charge is 0.258 e. The molecule has 384 valence electrons. The number of hydrogen-bond acceptors (Lipinski definition) is 9. The number of nitrogens with one attached hydrogen (secondary N) is 1. The van der Waals surface area contributed by atoms with Crippen molar-refractivity contribution >= 4 is 23.4 Å². The number of morpholine rings is 1. The van der Waals surface area contributed by atoms with Crippen LogP contribution < -0.4 is 10.1 Å². The number of rotatable bonds is 13. The molecule has 4 aromatic carbocycles. The number of anilines is 1.